The first kappa shape index (κ1) is 11.4. The van der Waals surface area contributed by atoms with E-state index >= 15 is 0 Å². The Balaban J connectivity index is 2.03. The fourth-order valence-electron chi connectivity index (χ4n) is 1.73. The van der Waals surface area contributed by atoms with Crippen LogP contribution in [0, 0.1) is 6.92 Å². The zero-order valence-corrected chi connectivity index (χ0v) is 9.49. The zero-order valence-electron chi connectivity index (χ0n) is 9.49. The minimum absolute atomic E-state index is 0.100. The first-order chi connectivity index (χ1) is 8.06. The number of hydrogen-bond donors (Lipinski definition) is 3. The van der Waals surface area contributed by atoms with Crippen molar-refractivity contribution in [2.75, 3.05) is 5.32 Å². The minimum atomic E-state index is -0.467. The molecule has 1 saturated heterocycles. The van der Waals surface area contributed by atoms with Gasteiger partial charge in [-0.15, -0.1) is 0 Å². The van der Waals surface area contributed by atoms with Gasteiger partial charge in [-0.25, -0.2) is 0 Å². The van der Waals surface area contributed by atoms with Gasteiger partial charge in [-0.3, -0.25) is 9.59 Å². The number of amides is 2. The summed E-state index contributed by atoms with van der Waals surface area (Å²) >= 11 is 0. The van der Waals surface area contributed by atoms with Gasteiger partial charge in [0.25, 0.3) is 0 Å². The number of aromatic hydroxyl groups is 1. The van der Waals surface area contributed by atoms with E-state index < -0.39 is 6.04 Å². The fourth-order valence-corrected chi connectivity index (χ4v) is 1.73. The van der Waals surface area contributed by atoms with Crippen molar-refractivity contribution in [1.29, 1.82) is 0 Å². The van der Waals surface area contributed by atoms with Crippen molar-refractivity contribution >= 4 is 17.5 Å². The van der Waals surface area contributed by atoms with Crippen molar-refractivity contribution in [3.63, 3.8) is 0 Å². The molecule has 1 aliphatic rings. The molecule has 17 heavy (non-hydrogen) atoms. The lowest BCUT2D eigenvalue weighted by Gasteiger charge is -2.11. The second-order valence-electron chi connectivity index (χ2n) is 4.15. The van der Waals surface area contributed by atoms with E-state index in [1.807, 2.05) is 0 Å². The van der Waals surface area contributed by atoms with E-state index in [-0.39, 0.29) is 17.6 Å². The van der Waals surface area contributed by atoms with Gasteiger partial charge < -0.3 is 15.7 Å². The van der Waals surface area contributed by atoms with E-state index in [4.69, 9.17) is 0 Å². The number of nitrogens with one attached hydrogen (secondary N) is 2. The molecule has 1 atom stereocenters. The predicted molar refractivity (Wildman–Crippen MR) is 62.6 cm³/mol. The number of aryl methyl sites for hydroxylation is 1. The van der Waals surface area contributed by atoms with Crippen molar-refractivity contribution in [3.05, 3.63) is 23.8 Å². The molecule has 90 valence electrons. The van der Waals surface area contributed by atoms with Crippen molar-refractivity contribution in [3.8, 4) is 5.75 Å². The highest BCUT2D eigenvalue weighted by molar-refractivity contribution is 5.99. The number of benzene rings is 1. The number of carbonyl (C=O) groups is 2. The highest BCUT2D eigenvalue weighted by Crippen LogP contribution is 2.21. The van der Waals surface area contributed by atoms with E-state index in [0.717, 1.165) is 5.56 Å². The van der Waals surface area contributed by atoms with Crippen molar-refractivity contribution in [2.45, 2.75) is 25.8 Å². The van der Waals surface area contributed by atoms with Crippen LogP contribution in [-0.2, 0) is 9.59 Å². The largest absolute Gasteiger partial charge is 0.508 e. The SMILES string of the molecule is Cc1ccc(NC(=O)[C@H]2CCC(=O)N2)cc1O. The number of phenolic OH excluding ortho intramolecular Hbond substituents is 1. The Morgan fingerprint density at radius 1 is 1.53 bits per heavy atom. The summed E-state index contributed by atoms with van der Waals surface area (Å²) < 4.78 is 0. The Morgan fingerprint density at radius 3 is 2.88 bits per heavy atom. The van der Waals surface area contributed by atoms with Gasteiger partial charge in [-0.2, -0.15) is 0 Å². The minimum Gasteiger partial charge on any atom is -0.508 e. The molecule has 2 amide bonds. The van der Waals surface area contributed by atoms with Crippen LogP contribution < -0.4 is 10.6 Å². The van der Waals surface area contributed by atoms with Crippen LogP contribution in [0.15, 0.2) is 18.2 Å². The molecule has 5 nitrogen and oxygen atoms in total. The van der Waals surface area contributed by atoms with Crippen LogP contribution in [0.4, 0.5) is 5.69 Å². The van der Waals surface area contributed by atoms with Gasteiger partial charge in [0.15, 0.2) is 0 Å². The third-order valence-electron chi connectivity index (χ3n) is 2.79. The summed E-state index contributed by atoms with van der Waals surface area (Å²) in [5, 5.41) is 14.7. The highest BCUT2D eigenvalue weighted by Gasteiger charge is 2.27. The molecule has 0 aliphatic carbocycles. The maximum atomic E-state index is 11.7. The summed E-state index contributed by atoms with van der Waals surface area (Å²) in [4.78, 5) is 22.7. The lowest BCUT2D eigenvalue weighted by molar-refractivity contribution is -0.122. The monoisotopic (exact) mass is 234 g/mol. The Bertz CT molecular complexity index is 471. The average Bonchev–Trinajstić information content (AvgIpc) is 2.70. The Labute approximate surface area is 98.8 Å². The second kappa shape index (κ2) is 4.45. The maximum absolute atomic E-state index is 11.7. The molecular weight excluding hydrogens is 220 g/mol. The number of rotatable bonds is 2. The molecule has 0 bridgehead atoms. The van der Waals surface area contributed by atoms with Gasteiger partial charge in [-0.1, -0.05) is 6.07 Å². The maximum Gasteiger partial charge on any atom is 0.246 e. The summed E-state index contributed by atoms with van der Waals surface area (Å²) in [7, 11) is 0. The molecule has 3 N–H and O–H groups in total. The van der Waals surface area contributed by atoms with Crippen LogP contribution in [0.5, 0.6) is 5.75 Å². The molecule has 1 fully saturated rings. The summed E-state index contributed by atoms with van der Waals surface area (Å²) in [5.41, 5.74) is 1.27. The van der Waals surface area contributed by atoms with Crippen LogP contribution in [-0.4, -0.2) is 23.0 Å². The molecular formula is C12H14N2O3. The van der Waals surface area contributed by atoms with Gasteiger partial charge in [0.1, 0.15) is 11.8 Å². The van der Waals surface area contributed by atoms with E-state index in [2.05, 4.69) is 10.6 Å². The Morgan fingerprint density at radius 2 is 2.29 bits per heavy atom. The van der Waals surface area contributed by atoms with Crippen LogP contribution in [0.25, 0.3) is 0 Å². The standard InChI is InChI=1S/C12H14N2O3/c1-7-2-3-8(6-10(7)15)13-12(17)9-4-5-11(16)14-9/h2-3,6,9,15H,4-5H2,1H3,(H,13,17)(H,14,16)/t9-/m1/s1. The molecule has 0 saturated carbocycles. The third-order valence-corrected chi connectivity index (χ3v) is 2.79. The molecule has 2 rings (SSSR count). The molecule has 1 aromatic carbocycles. The molecule has 0 unspecified atom stereocenters. The quantitative estimate of drug-likeness (QED) is 0.712. The number of carbonyl (C=O) groups excluding carboxylic acids is 2. The van der Waals surface area contributed by atoms with Gasteiger partial charge in [0, 0.05) is 18.2 Å². The predicted octanol–water partition coefficient (Wildman–Crippen LogP) is 0.918. The average molecular weight is 234 g/mol. The molecule has 0 aromatic heterocycles. The lowest BCUT2D eigenvalue weighted by atomic mass is 10.2. The Kier molecular flexibility index (Phi) is 2.99. The van der Waals surface area contributed by atoms with Crippen molar-refractivity contribution in [1.82, 2.24) is 5.32 Å². The van der Waals surface area contributed by atoms with Gasteiger partial charge in [0.2, 0.25) is 11.8 Å². The number of anilines is 1. The number of hydrogen-bond acceptors (Lipinski definition) is 3. The van der Waals surface area contributed by atoms with Crippen LogP contribution >= 0.6 is 0 Å². The molecule has 5 heteroatoms. The van der Waals surface area contributed by atoms with Crippen molar-refractivity contribution in [2.24, 2.45) is 0 Å². The summed E-state index contributed by atoms with van der Waals surface area (Å²) in [6.07, 6.45) is 0.903. The normalized spacial score (nSPS) is 18.9. The summed E-state index contributed by atoms with van der Waals surface area (Å²) in [6.45, 7) is 1.78. The molecule has 0 radical (unpaired) electrons. The number of phenols is 1. The van der Waals surface area contributed by atoms with Crippen molar-refractivity contribution < 1.29 is 14.7 Å². The third kappa shape index (κ3) is 2.55. The fraction of sp³-hybridized carbons (Fsp3) is 0.333. The zero-order chi connectivity index (χ0) is 12.4. The molecule has 1 aromatic rings. The molecule has 1 heterocycles. The van der Waals surface area contributed by atoms with Gasteiger partial charge in [-0.05, 0) is 25.0 Å². The van der Waals surface area contributed by atoms with E-state index in [0.29, 0.717) is 18.5 Å². The molecule has 1 aliphatic heterocycles. The topological polar surface area (TPSA) is 78.4 Å². The van der Waals surface area contributed by atoms with E-state index in [1.54, 1.807) is 19.1 Å². The van der Waals surface area contributed by atoms with Gasteiger partial charge in [0.05, 0.1) is 0 Å². The molecule has 0 spiro atoms. The van der Waals surface area contributed by atoms with Crippen LogP contribution in [0.3, 0.4) is 0 Å². The first-order valence-corrected chi connectivity index (χ1v) is 5.46. The van der Waals surface area contributed by atoms with Crippen LogP contribution in [0.1, 0.15) is 18.4 Å². The van der Waals surface area contributed by atoms with E-state index in [9.17, 15) is 14.7 Å². The van der Waals surface area contributed by atoms with Crippen LogP contribution in [0.2, 0.25) is 0 Å². The van der Waals surface area contributed by atoms with Gasteiger partial charge >= 0.3 is 0 Å². The Hall–Kier alpha value is -2.04. The highest BCUT2D eigenvalue weighted by atomic mass is 16.3. The van der Waals surface area contributed by atoms with E-state index in [1.165, 1.54) is 6.07 Å². The summed E-state index contributed by atoms with van der Waals surface area (Å²) in [5.74, 6) is -0.214. The summed E-state index contributed by atoms with van der Waals surface area (Å²) in [6, 6.07) is 4.46. The first-order valence-electron chi connectivity index (χ1n) is 5.46. The second-order valence-corrected chi connectivity index (χ2v) is 4.15. The smallest absolute Gasteiger partial charge is 0.246 e. The lowest BCUT2D eigenvalue weighted by Crippen LogP contribution is -2.37.